The van der Waals surface area contributed by atoms with Crippen LogP contribution in [-0.2, 0) is 4.79 Å². The Labute approximate surface area is 126 Å². The number of anilines is 1. The van der Waals surface area contributed by atoms with Crippen molar-refractivity contribution < 1.29 is 14.6 Å². The first kappa shape index (κ1) is 17.5. The molecule has 21 heavy (non-hydrogen) atoms. The summed E-state index contributed by atoms with van der Waals surface area (Å²) in [5.41, 5.74) is 0.681. The summed E-state index contributed by atoms with van der Waals surface area (Å²) >= 11 is 0. The van der Waals surface area contributed by atoms with Crippen molar-refractivity contribution in [1.29, 1.82) is 0 Å². The van der Waals surface area contributed by atoms with Crippen molar-refractivity contribution in [2.75, 3.05) is 25.5 Å². The second kappa shape index (κ2) is 8.64. The third-order valence-electron chi connectivity index (χ3n) is 3.38. The summed E-state index contributed by atoms with van der Waals surface area (Å²) in [4.78, 5) is 14.2. The standard InChI is InChI=1S/C16H26N2O3/c1-5-21-15-9-7-6-8-14(15)17-16(20)13(3)18(4)11-10-12(2)19/h6-9,12-13,19H,5,10-11H2,1-4H3,(H,17,20). The van der Waals surface area contributed by atoms with Crippen LogP contribution in [0.25, 0.3) is 0 Å². The number of hydrogen-bond acceptors (Lipinski definition) is 4. The number of nitrogens with one attached hydrogen (secondary N) is 1. The molecule has 2 N–H and O–H groups in total. The normalized spacial score (nSPS) is 13.8. The SMILES string of the molecule is CCOc1ccccc1NC(=O)C(C)N(C)CCC(C)O. The summed E-state index contributed by atoms with van der Waals surface area (Å²) in [5.74, 6) is 0.586. The molecule has 0 spiro atoms. The molecule has 1 aromatic carbocycles. The monoisotopic (exact) mass is 294 g/mol. The molecule has 0 radical (unpaired) electrons. The minimum Gasteiger partial charge on any atom is -0.492 e. The molecule has 1 amide bonds. The highest BCUT2D eigenvalue weighted by atomic mass is 16.5. The van der Waals surface area contributed by atoms with Crippen LogP contribution in [0.2, 0.25) is 0 Å². The van der Waals surface area contributed by atoms with E-state index in [-0.39, 0.29) is 18.1 Å². The van der Waals surface area contributed by atoms with E-state index in [9.17, 15) is 9.90 Å². The van der Waals surface area contributed by atoms with Crippen LogP contribution in [-0.4, -0.2) is 48.3 Å². The van der Waals surface area contributed by atoms with Crippen molar-refractivity contribution in [2.24, 2.45) is 0 Å². The lowest BCUT2D eigenvalue weighted by molar-refractivity contribution is -0.120. The van der Waals surface area contributed by atoms with Gasteiger partial charge >= 0.3 is 0 Å². The number of para-hydroxylation sites is 2. The number of aliphatic hydroxyl groups is 1. The number of nitrogens with zero attached hydrogens (tertiary/aromatic N) is 1. The van der Waals surface area contributed by atoms with Crippen LogP contribution in [0.5, 0.6) is 5.75 Å². The lowest BCUT2D eigenvalue weighted by Gasteiger charge is -2.24. The van der Waals surface area contributed by atoms with Gasteiger partial charge in [-0.25, -0.2) is 0 Å². The quantitative estimate of drug-likeness (QED) is 0.771. The molecule has 0 aliphatic carbocycles. The molecule has 5 heteroatoms. The van der Waals surface area contributed by atoms with E-state index in [0.717, 1.165) is 0 Å². The summed E-state index contributed by atoms with van der Waals surface area (Å²) in [6.07, 6.45) is 0.283. The zero-order chi connectivity index (χ0) is 15.8. The molecular formula is C16H26N2O3. The van der Waals surface area contributed by atoms with Crippen molar-refractivity contribution in [1.82, 2.24) is 4.90 Å². The van der Waals surface area contributed by atoms with Gasteiger partial charge in [-0.2, -0.15) is 0 Å². The number of ether oxygens (including phenoxy) is 1. The third kappa shape index (κ3) is 5.73. The lowest BCUT2D eigenvalue weighted by atomic mass is 10.2. The Morgan fingerprint density at radius 2 is 2.05 bits per heavy atom. The second-order valence-electron chi connectivity index (χ2n) is 5.21. The number of likely N-dealkylation sites (N-methyl/N-ethyl adjacent to an activating group) is 1. The number of rotatable bonds is 8. The zero-order valence-corrected chi connectivity index (χ0v) is 13.3. The van der Waals surface area contributed by atoms with E-state index >= 15 is 0 Å². The van der Waals surface area contributed by atoms with Crippen LogP contribution >= 0.6 is 0 Å². The van der Waals surface area contributed by atoms with Crippen molar-refractivity contribution >= 4 is 11.6 Å². The smallest absolute Gasteiger partial charge is 0.241 e. The molecule has 0 saturated carbocycles. The molecule has 0 saturated heterocycles. The maximum atomic E-state index is 12.3. The van der Waals surface area contributed by atoms with Gasteiger partial charge in [0.05, 0.1) is 24.4 Å². The average Bonchev–Trinajstić information content (AvgIpc) is 2.46. The Morgan fingerprint density at radius 1 is 1.38 bits per heavy atom. The van der Waals surface area contributed by atoms with Crippen LogP contribution in [0.4, 0.5) is 5.69 Å². The largest absolute Gasteiger partial charge is 0.492 e. The van der Waals surface area contributed by atoms with Crippen molar-refractivity contribution in [3.8, 4) is 5.75 Å². The van der Waals surface area contributed by atoms with Crippen molar-refractivity contribution in [3.63, 3.8) is 0 Å². The third-order valence-corrected chi connectivity index (χ3v) is 3.38. The van der Waals surface area contributed by atoms with E-state index in [1.54, 1.807) is 6.92 Å². The highest BCUT2D eigenvalue weighted by Gasteiger charge is 2.19. The molecule has 2 atom stereocenters. The number of amides is 1. The van der Waals surface area contributed by atoms with Gasteiger partial charge in [0.1, 0.15) is 5.75 Å². The number of carbonyl (C=O) groups is 1. The second-order valence-corrected chi connectivity index (χ2v) is 5.21. The predicted molar refractivity (Wildman–Crippen MR) is 84.6 cm³/mol. The molecule has 118 valence electrons. The lowest BCUT2D eigenvalue weighted by Crippen LogP contribution is -2.40. The Hall–Kier alpha value is -1.59. The molecule has 0 aliphatic heterocycles. The minimum atomic E-state index is -0.360. The average molecular weight is 294 g/mol. The fourth-order valence-corrected chi connectivity index (χ4v) is 1.87. The Kier molecular flexibility index (Phi) is 7.19. The van der Waals surface area contributed by atoms with Gasteiger partial charge in [0.15, 0.2) is 0 Å². The van der Waals surface area contributed by atoms with Gasteiger partial charge in [-0.3, -0.25) is 9.69 Å². The van der Waals surface area contributed by atoms with Crippen molar-refractivity contribution in [3.05, 3.63) is 24.3 Å². The maximum Gasteiger partial charge on any atom is 0.241 e. The van der Waals surface area contributed by atoms with E-state index < -0.39 is 0 Å². The maximum absolute atomic E-state index is 12.3. The molecule has 0 aromatic heterocycles. The van der Waals surface area contributed by atoms with E-state index in [1.165, 1.54) is 0 Å². The summed E-state index contributed by atoms with van der Waals surface area (Å²) < 4.78 is 5.50. The molecular weight excluding hydrogens is 268 g/mol. The molecule has 0 bridgehead atoms. The Balaban J connectivity index is 2.63. The first-order valence-electron chi connectivity index (χ1n) is 7.36. The molecule has 0 aliphatic rings. The number of carbonyl (C=O) groups excluding carboxylic acids is 1. The van der Waals surface area contributed by atoms with Gasteiger partial charge in [-0.1, -0.05) is 12.1 Å². The Morgan fingerprint density at radius 3 is 2.67 bits per heavy atom. The topological polar surface area (TPSA) is 61.8 Å². The van der Waals surface area contributed by atoms with Crippen LogP contribution in [0.15, 0.2) is 24.3 Å². The summed E-state index contributed by atoms with van der Waals surface area (Å²) in [6, 6.07) is 7.11. The van der Waals surface area contributed by atoms with Gasteiger partial charge < -0.3 is 15.2 Å². The van der Waals surface area contributed by atoms with Gasteiger partial charge in [-0.05, 0) is 46.4 Å². The van der Waals surface area contributed by atoms with Crippen LogP contribution < -0.4 is 10.1 Å². The minimum absolute atomic E-state index is 0.0877. The van der Waals surface area contributed by atoms with Gasteiger partial charge in [-0.15, -0.1) is 0 Å². The molecule has 0 fully saturated rings. The number of aliphatic hydroxyl groups excluding tert-OH is 1. The molecule has 1 rings (SSSR count). The summed E-state index contributed by atoms with van der Waals surface area (Å²) in [5, 5.41) is 12.2. The van der Waals surface area contributed by atoms with E-state index in [1.807, 2.05) is 50.1 Å². The highest BCUT2D eigenvalue weighted by Crippen LogP contribution is 2.24. The summed E-state index contributed by atoms with van der Waals surface area (Å²) in [6.45, 7) is 6.72. The first-order chi connectivity index (χ1) is 9.95. The van der Waals surface area contributed by atoms with Crippen molar-refractivity contribution in [2.45, 2.75) is 39.3 Å². The fraction of sp³-hybridized carbons (Fsp3) is 0.562. The first-order valence-corrected chi connectivity index (χ1v) is 7.36. The zero-order valence-electron chi connectivity index (χ0n) is 13.3. The van der Waals surface area contributed by atoms with E-state index in [4.69, 9.17) is 4.74 Å². The number of hydrogen-bond donors (Lipinski definition) is 2. The van der Waals surface area contributed by atoms with E-state index in [2.05, 4.69) is 5.32 Å². The number of benzene rings is 1. The van der Waals surface area contributed by atoms with Gasteiger partial charge in [0, 0.05) is 6.54 Å². The Bertz CT molecular complexity index is 449. The molecule has 2 unspecified atom stereocenters. The summed E-state index contributed by atoms with van der Waals surface area (Å²) in [7, 11) is 1.88. The van der Waals surface area contributed by atoms with Crippen LogP contribution in [0.3, 0.4) is 0 Å². The molecule has 5 nitrogen and oxygen atoms in total. The molecule has 1 aromatic rings. The van der Waals surface area contributed by atoms with E-state index in [0.29, 0.717) is 31.0 Å². The highest BCUT2D eigenvalue weighted by molar-refractivity contribution is 5.95. The van der Waals surface area contributed by atoms with Gasteiger partial charge in [0.25, 0.3) is 0 Å². The van der Waals surface area contributed by atoms with Crippen LogP contribution in [0.1, 0.15) is 27.2 Å². The predicted octanol–water partition coefficient (Wildman–Crippen LogP) is 2.12. The van der Waals surface area contributed by atoms with Crippen LogP contribution in [0, 0.1) is 0 Å². The fourth-order valence-electron chi connectivity index (χ4n) is 1.87. The molecule has 0 heterocycles. The van der Waals surface area contributed by atoms with Gasteiger partial charge in [0.2, 0.25) is 5.91 Å².